The van der Waals surface area contributed by atoms with Gasteiger partial charge in [0.2, 0.25) is 5.91 Å². The molecule has 25 heavy (non-hydrogen) atoms. The second-order valence-corrected chi connectivity index (χ2v) is 7.18. The van der Waals surface area contributed by atoms with Gasteiger partial charge in [-0.3, -0.25) is 18.9 Å². The normalized spacial score (nSPS) is 11.2. The first kappa shape index (κ1) is 17.9. The molecule has 1 amide bonds. The SMILES string of the molecule is CN(CC(=O)Nc1ccc(Cl)c(Cl)c1)Cc1cc(=O)n2ccsc2n1. The number of aromatic nitrogens is 2. The van der Waals surface area contributed by atoms with E-state index in [0.29, 0.717) is 32.9 Å². The topological polar surface area (TPSA) is 66.7 Å². The Balaban J connectivity index is 1.62. The second-order valence-electron chi connectivity index (χ2n) is 5.49. The maximum Gasteiger partial charge on any atom is 0.258 e. The molecule has 0 fully saturated rings. The fourth-order valence-corrected chi connectivity index (χ4v) is 3.36. The molecule has 2 heterocycles. The van der Waals surface area contributed by atoms with Crippen LogP contribution in [0.5, 0.6) is 0 Å². The zero-order valence-corrected chi connectivity index (χ0v) is 15.5. The van der Waals surface area contributed by atoms with Crippen molar-refractivity contribution in [3.8, 4) is 0 Å². The minimum atomic E-state index is -0.199. The lowest BCUT2D eigenvalue weighted by molar-refractivity contribution is -0.117. The zero-order valence-electron chi connectivity index (χ0n) is 13.2. The van der Waals surface area contributed by atoms with Gasteiger partial charge in [0.25, 0.3) is 5.56 Å². The highest BCUT2D eigenvalue weighted by atomic mass is 35.5. The van der Waals surface area contributed by atoms with Crippen molar-refractivity contribution in [2.24, 2.45) is 0 Å². The molecule has 0 saturated carbocycles. The molecule has 1 aromatic carbocycles. The van der Waals surface area contributed by atoms with E-state index in [1.807, 2.05) is 5.38 Å². The molecule has 130 valence electrons. The van der Waals surface area contributed by atoms with Gasteiger partial charge in [0.15, 0.2) is 4.96 Å². The van der Waals surface area contributed by atoms with Crippen LogP contribution in [-0.2, 0) is 11.3 Å². The minimum Gasteiger partial charge on any atom is -0.325 e. The molecule has 3 rings (SSSR count). The summed E-state index contributed by atoms with van der Waals surface area (Å²) >= 11 is 13.2. The Kier molecular flexibility index (Phi) is 5.39. The maximum atomic E-state index is 12.1. The Labute approximate surface area is 157 Å². The van der Waals surface area contributed by atoms with Crippen LogP contribution in [0.4, 0.5) is 5.69 Å². The van der Waals surface area contributed by atoms with Gasteiger partial charge in [-0.05, 0) is 25.2 Å². The van der Waals surface area contributed by atoms with E-state index < -0.39 is 0 Å². The van der Waals surface area contributed by atoms with Crippen LogP contribution in [0.2, 0.25) is 10.0 Å². The molecule has 0 radical (unpaired) electrons. The number of carbonyl (C=O) groups excluding carboxylic acids is 1. The number of likely N-dealkylation sites (N-methyl/N-ethyl adjacent to an activating group) is 1. The van der Waals surface area contributed by atoms with Gasteiger partial charge in [0, 0.05) is 29.9 Å². The van der Waals surface area contributed by atoms with E-state index in [2.05, 4.69) is 10.3 Å². The summed E-state index contributed by atoms with van der Waals surface area (Å²) in [5, 5.41) is 5.37. The van der Waals surface area contributed by atoms with E-state index in [4.69, 9.17) is 23.2 Å². The summed E-state index contributed by atoms with van der Waals surface area (Å²) in [5.41, 5.74) is 1.07. The smallest absolute Gasteiger partial charge is 0.258 e. The highest BCUT2D eigenvalue weighted by Gasteiger charge is 2.11. The molecular weight excluding hydrogens is 383 g/mol. The number of halogens is 2. The molecule has 0 atom stereocenters. The van der Waals surface area contributed by atoms with Crippen LogP contribution in [0, 0.1) is 0 Å². The van der Waals surface area contributed by atoms with Crippen molar-refractivity contribution < 1.29 is 4.79 Å². The lowest BCUT2D eigenvalue weighted by atomic mass is 10.3. The predicted octanol–water partition coefficient (Wildman–Crippen LogP) is 3.13. The van der Waals surface area contributed by atoms with Gasteiger partial charge in [-0.15, -0.1) is 11.3 Å². The highest BCUT2D eigenvalue weighted by Crippen LogP contribution is 2.24. The summed E-state index contributed by atoms with van der Waals surface area (Å²) in [5.74, 6) is -0.199. The first-order chi connectivity index (χ1) is 11.9. The molecule has 0 saturated heterocycles. The van der Waals surface area contributed by atoms with E-state index in [0.717, 1.165) is 0 Å². The van der Waals surface area contributed by atoms with E-state index in [9.17, 15) is 9.59 Å². The molecule has 2 aromatic heterocycles. The molecule has 0 aliphatic heterocycles. The van der Waals surface area contributed by atoms with E-state index in [1.54, 1.807) is 36.3 Å². The first-order valence-electron chi connectivity index (χ1n) is 7.31. The average molecular weight is 397 g/mol. The van der Waals surface area contributed by atoms with E-state index in [1.165, 1.54) is 21.8 Å². The molecule has 1 N–H and O–H groups in total. The van der Waals surface area contributed by atoms with Crippen molar-refractivity contribution in [3.05, 3.63) is 61.9 Å². The van der Waals surface area contributed by atoms with Gasteiger partial charge in [0.1, 0.15) is 0 Å². The maximum absolute atomic E-state index is 12.1. The number of nitrogens with zero attached hydrogens (tertiary/aromatic N) is 3. The number of amides is 1. The van der Waals surface area contributed by atoms with Crippen LogP contribution in [0.15, 0.2) is 40.6 Å². The molecule has 0 aliphatic rings. The number of rotatable bonds is 5. The Morgan fingerprint density at radius 1 is 1.32 bits per heavy atom. The standard InChI is InChI=1S/C16H14Cl2N4O2S/c1-21(8-11-7-15(24)22-4-5-25-16(22)20-11)9-14(23)19-10-2-3-12(17)13(18)6-10/h2-7H,8-9H2,1H3,(H,19,23). The van der Waals surface area contributed by atoms with E-state index in [-0.39, 0.29) is 18.0 Å². The summed E-state index contributed by atoms with van der Waals surface area (Å²) in [7, 11) is 1.78. The molecule has 9 heteroatoms. The molecule has 6 nitrogen and oxygen atoms in total. The highest BCUT2D eigenvalue weighted by molar-refractivity contribution is 7.15. The summed E-state index contributed by atoms with van der Waals surface area (Å²) in [6.45, 7) is 0.532. The Morgan fingerprint density at radius 3 is 2.88 bits per heavy atom. The summed E-state index contributed by atoms with van der Waals surface area (Å²) in [4.78, 5) is 30.9. The molecular formula is C16H14Cl2N4O2S. The quantitative estimate of drug-likeness (QED) is 0.719. The number of anilines is 1. The van der Waals surface area contributed by atoms with Gasteiger partial charge >= 0.3 is 0 Å². The van der Waals surface area contributed by atoms with Crippen molar-refractivity contribution in [3.63, 3.8) is 0 Å². The minimum absolute atomic E-state index is 0.130. The van der Waals surface area contributed by atoms with Gasteiger partial charge < -0.3 is 5.32 Å². The fraction of sp³-hybridized carbons (Fsp3) is 0.188. The van der Waals surface area contributed by atoms with Gasteiger partial charge in [0.05, 0.1) is 22.3 Å². The Hall–Kier alpha value is -1.93. The zero-order chi connectivity index (χ0) is 18.0. The lowest BCUT2D eigenvalue weighted by Gasteiger charge is -2.16. The van der Waals surface area contributed by atoms with Crippen molar-refractivity contribution in [1.29, 1.82) is 0 Å². The third-order valence-corrected chi connectivity index (χ3v) is 4.90. The Bertz CT molecular complexity index is 986. The summed E-state index contributed by atoms with van der Waals surface area (Å²) in [6.07, 6.45) is 1.69. The van der Waals surface area contributed by atoms with Crippen molar-refractivity contribution >= 4 is 51.1 Å². The van der Waals surface area contributed by atoms with Gasteiger partial charge in [-0.2, -0.15) is 0 Å². The Morgan fingerprint density at radius 2 is 2.12 bits per heavy atom. The lowest BCUT2D eigenvalue weighted by Crippen LogP contribution is -2.30. The average Bonchev–Trinajstić information content (AvgIpc) is 2.99. The van der Waals surface area contributed by atoms with Crippen LogP contribution < -0.4 is 10.9 Å². The van der Waals surface area contributed by atoms with Gasteiger partial charge in [-0.25, -0.2) is 4.98 Å². The third-order valence-electron chi connectivity index (χ3n) is 3.41. The van der Waals surface area contributed by atoms with Crippen LogP contribution in [0.25, 0.3) is 4.96 Å². The summed E-state index contributed by atoms with van der Waals surface area (Å²) < 4.78 is 1.49. The number of benzene rings is 1. The van der Waals surface area contributed by atoms with Gasteiger partial charge in [-0.1, -0.05) is 23.2 Å². The van der Waals surface area contributed by atoms with Crippen molar-refractivity contribution in [2.45, 2.75) is 6.54 Å². The summed E-state index contributed by atoms with van der Waals surface area (Å²) in [6, 6.07) is 6.37. The van der Waals surface area contributed by atoms with Crippen LogP contribution in [0.1, 0.15) is 5.69 Å². The number of hydrogen-bond acceptors (Lipinski definition) is 5. The number of hydrogen-bond donors (Lipinski definition) is 1. The molecule has 0 aliphatic carbocycles. The monoisotopic (exact) mass is 396 g/mol. The number of nitrogens with one attached hydrogen (secondary N) is 1. The van der Waals surface area contributed by atoms with Crippen molar-refractivity contribution in [1.82, 2.24) is 14.3 Å². The van der Waals surface area contributed by atoms with E-state index >= 15 is 0 Å². The first-order valence-corrected chi connectivity index (χ1v) is 8.95. The number of carbonyl (C=O) groups is 1. The predicted molar refractivity (Wildman–Crippen MR) is 101 cm³/mol. The van der Waals surface area contributed by atoms with Crippen LogP contribution >= 0.6 is 34.5 Å². The number of fused-ring (bicyclic) bond motifs is 1. The molecule has 0 spiro atoms. The van der Waals surface area contributed by atoms with Crippen LogP contribution in [0.3, 0.4) is 0 Å². The molecule has 0 unspecified atom stereocenters. The fourth-order valence-electron chi connectivity index (χ4n) is 2.32. The van der Waals surface area contributed by atoms with Crippen molar-refractivity contribution in [2.75, 3.05) is 18.9 Å². The third kappa shape index (κ3) is 4.38. The molecule has 3 aromatic rings. The number of thiazole rings is 1. The molecule has 0 bridgehead atoms. The second kappa shape index (κ2) is 7.53. The largest absolute Gasteiger partial charge is 0.325 e. The van der Waals surface area contributed by atoms with Crippen LogP contribution in [-0.4, -0.2) is 33.8 Å².